The quantitative estimate of drug-likeness (QED) is 0.767. The topological polar surface area (TPSA) is 63.6 Å². The van der Waals surface area contributed by atoms with Crippen LogP contribution in [-0.2, 0) is 14.8 Å². The van der Waals surface area contributed by atoms with Crippen LogP contribution >= 0.6 is 15.9 Å². The summed E-state index contributed by atoms with van der Waals surface area (Å²) in [6.45, 7) is 3.28. The number of hydrogen-bond acceptors (Lipinski definition) is 3. The first-order valence-corrected chi connectivity index (χ1v) is 8.06. The molecule has 20 heavy (non-hydrogen) atoms. The molecule has 2 rings (SSSR count). The smallest absolute Gasteiger partial charge is 0.282 e. The number of benzene rings is 1. The Morgan fingerprint density at radius 3 is 2.30 bits per heavy atom. The Balaban J connectivity index is 2.56. The van der Waals surface area contributed by atoms with Crippen molar-refractivity contribution >= 4 is 37.4 Å². The summed E-state index contributed by atoms with van der Waals surface area (Å²) in [7, 11) is -3.79. The van der Waals surface area contributed by atoms with Crippen LogP contribution in [0.1, 0.15) is 13.8 Å². The van der Waals surface area contributed by atoms with E-state index in [9.17, 15) is 13.2 Å². The summed E-state index contributed by atoms with van der Waals surface area (Å²) >= 11 is 3.25. The number of allylic oxidation sites excluding steroid dienone is 4. The minimum atomic E-state index is -3.79. The third-order valence-electron chi connectivity index (χ3n) is 2.88. The standard InChI is InChI=1S/C14H12BrNO3S/c1-9-8-12(17)10(2)13(15)14(9)16-20(18,19)11-6-4-3-5-7-11/h3-8H,1-2H3. The molecular weight excluding hydrogens is 342 g/mol. The van der Waals surface area contributed by atoms with Gasteiger partial charge < -0.3 is 0 Å². The number of hydrogen-bond donors (Lipinski definition) is 0. The Labute approximate surface area is 126 Å². The van der Waals surface area contributed by atoms with E-state index in [1.54, 1.807) is 32.0 Å². The third-order valence-corrected chi connectivity index (χ3v) is 5.14. The van der Waals surface area contributed by atoms with Gasteiger partial charge in [0.05, 0.1) is 15.1 Å². The molecule has 1 aromatic carbocycles. The molecule has 0 spiro atoms. The van der Waals surface area contributed by atoms with Crippen LogP contribution in [0.3, 0.4) is 0 Å². The van der Waals surface area contributed by atoms with Crippen molar-refractivity contribution in [2.24, 2.45) is 4.40 Å². The summed E-state index contributed by atoms with van der Waals surface area (Å²) in [6, 6.07) is 7.97. The molecule has 0 saturated carbocycles. The predicted molar refractivity (Wildman–Crippen MR) is 81.5 cm³/mol. The third kappa shape index (κ3) is 2.81. The van der Waals surface area contributed by atoms with Crippen molar-refractivity contribution in [3.63, 3.8) is 0 Å². The van der Waals surface area contributed by atoms with Gasteiger partial charge in [0.2, 0.25) is 0 Å². The molecule has 0 N–H and O–H groups in total. The van der Waals surface area contributed by atoms with Gasteiger partial charge in [-0.2, -0.15) is 12.8 Å². The monoisotopic (exact) mass is 353 g/mol. The first kappa shape index (κ1) is 14.9. The Bertz CT molecular complexity index is 759. The second-order valence-corrected chi connectivity index (χ2v) is 6.76. The van der Waals surface area contributed by atoms with Gasteiger partial charge in [-0.1, -0.05) is 18.2 Å². The highest BCUT2D eigenvalue weighted by Crippen LogP contribution is 2.26. The second-order valence-electron chi connectivity index (χ2n) is 4.36. The zero-order valence-corrected chi connectivity index (χ0v) is 13.3. The van der Waals surface area contributed by atoms with Gasteiger partial charge in [-0.05, 0) is 53.6 Å². The Kier molecular flexibility index (Phi) is 4.06. The molecule has 6 heteroatoms. The maximum absolute atomic E-state index is 12.2. The maximum Gasteiger partial charge on any atom is 0.282 e. The summed E-state index contributed by atoms with van der Waals surface area (Å²) in [5, 5.41) is 0. The molecule has 0 aromatic heterocycles. The number of ketones is 1. The van der Waals surface area contributed by atoms with Crippen LogP contribution in [-0.4, -0.2) is 19.9 Å². The zero-order chi connectivity index (χ0) is 14.9. The minimum absolute atomic E-state index is 0.121. The summed E-state index contributed by atoms with van der Waals surface area (Å²) in [6.07, 6.45) is 1.39. The number of halogens is 1. The Hall–Kier alpha value is -1.53. The van der Waals surface area contributed by atoms with Gasteiger partial charge in [-0.3, -0.25) is 4.79 Å². The summed E-state index contributed by atoms with van der Waals surface area (Å²) in [5.41, 5.74) is 1.23. The highest BCUT2D eigenvalue weighted by molar-refractivity contribution is 9.12. The van der Waals surface area contributed by atoms with Gasteiger partial charge in [0, 0.05) is 5.57 Å². The molecule has 0 radical (unpaired) electrons. The van der Waals surface area contributed by atoms with Crippen LogP contribution in [0.2, 0.25) is 0 Å². The van der Waals surface area contributed by atoms with Crippen LogP contribution < -0.4 is 0 Å². The van der Waals surface area contributed by atoms with E-state index in [4.69, 9.17) is 0 Å². The van der Waals surface area contributed by atoms with E-state index in [2.05, 4.69) is 20.3 Å². The van der Waals surface area contributed by atoms with Gasteiger partial charge >= 0.3 is 0 Å². The van der Waals surface area contributed by atoms with E-state index >= 15 is 0 Å². The fourth-order valence-electron chi connectivity index (χ4n) is 1.71. The van der Waals surface area contributed by atoms with E-state index < -0.39 is 10.0 Å². The molecule has 0 aliphatic heterocycles. The molecule has 1 aromatic rings. The number of sulfonamides is 1. The molecule has 0 unspecified atom stereocenters. The minimum Gasteiger partial charge on any atom is -0.290 e. The maximum atomic E-state index is 12.2. The number of carbonyl (C=O) groups excluding carboxylic acids is 1. The molecule has 1 aliphatic rings. The highest BCUT2D eigenvalue weighted by Gasteiger charge is 2.23. The molecule has 0 heterocycles. The number of nitrogens with zero attached hydrogens (tertiary/aromatic N) is 1. The van der Waals surface area contributed by atoms with Crippen LogP contribution in [0.25, 0.3) is 0 Å². The van der Waals surface area contributed by atoms with Crippen molar-refractivity contribution in [3.05, 3.63) is 52.0 Å². The van der Waals surface area contributed by atoms with E-state index in [0.29, 0.717) is 15.6 Å². The lowest BCUT2D eigenvalue weighted by Gasteiger charge is -2.13. The normalized spacial score (nSPS) is 18.4. The van der Waals surface area contributed by atoms with Crippen LogP contribution in [0.5, 0.6) is 0 Å². The first-order valence-electron chi connectivity index (χ1n) is 5.82. The van der Waals surface area contributed by atoms with Gasteiger partial charge in [0.25, 0.3) is 10.0 Å². The van der Waals surface area contributed by atoms with Crippen molar-refractivity contribution in [2.75, 3.05) is 0 Å². The number of carbonyl (C=O) groups is 1. The summed E-state index contributed by atoms with van der Waals surface area (Å²) in [5.74, 6) is -0.148. The molecule has 0 amide bonds. The highest BCUT2D eigenvalue weighted by atomic mass is 79.9. The van der Waals surface area contributed by atoms with E-state index in [-0.39, 0.29) is 16.4 Å². The lowest BCUT2D eigenvalue weighted by atomic mass is 9.99. The second kappa shape index (κ2) is 5.46. The molecule has 0 fully saturated rings. The van der Waals surface area contributed by atoms with Gasteiger partial charge in [0.15, 0.2) is 5.78 Å². The molecule has 0 atom stereocenters. The lowest BCUT2D eigenvalue weighted by Crippen LogP contribution is -2.15. The molecule has 104 valence electrons. The predicted octanol–water partition coefficient (Wildman–Crippen LogP) is 3.01. The Morgan fingerprint density at radius 1 is 1.10 bits per heavy atom. The van der Waals surface area contributed by atoms with Crippen LogP contribution in [0.15, 0.2) is 61.3 Å². The van der Waals surface area contributed by atoms with Crippen molar-refractivity contribution in [1.82, 2.24) is 0 Å². The fourth-order valence-corrected chi connectivity index (χ4v) is 3.51. The van der Waals surface area contributed by atoms with Gasteiger partial charge in [-0.25, -0.2) is 0 Å². The molecule has 0 saturated heterocycles. The first-order chi connectivity index (χ1) is 9.33. The van der Waals surface area contributed by atoms with Crippen molar-refractivity contribution in [2.45, 2.75) is 18.7 Å². The van der Waals surface area contributed by atoms with E-state index in [1.807, 2.05) is 0 Å². The van der Waals surface area contributed by atoms with E-state index in [0.717, 1.165) is 0 Å². The largest absolute Gasteiger partial charge is 0.290 e. The van der Waals surface area contributed by atoms with Gasteiger partial charge in [-0.15, -0.1) is 0 Å². The van der Waals surface area contributed by atoms with E-state index in [1.165, 1.54) is 18.2 Å². The van der Waals surface area contributed by atoms with Crippen LogP contribution in [0.4, 0.5) is 0 Å². The Morgan fingerprint density at radius 2 is 1.70 bits per heavy atom. The molecular formula is C14H12BrNO3S. The summed E-state index contributed by atoms with van der Waals surface area (Å²) in [4.78, 5) is 11.7. The van der Waals surface area contributed by atoms with Crippen molar-refractivity contribution in [3.8, 4) is 0 Å². The van der Waals surface area contributed by atoms with Gasteiger partial charge in [0.1, 0.15) is 0 Å². The average Bonchev–Trinajstić information content (AvgIpc) is 2.42. The summed E-state index contributed by atoms with van der Waals surface area (Å²) < 4.78 is 28.7. The SMILES string of the molecule is CC1=CC(=O)C(C)=C(Br)C1=NS(=O)(=O)c1ccccc1. The molecule has 0 bridgehead atoms. The van der Waals surface area contributed by atoms with Crippen molar-refractivity contribution in [1.29, 1.82) is 0 Å². The fraction of sp³-hybridized carbons (Fsp3) is 0.143. The molecule has 1 aliphatic carbocycles. The van der Waals surface area contributed by atoms with Crippen molar-refractivity contribution < 1.29 is 13.2 Å². The van der Waals surface area contributed by atoms with Crippen LogP contribution in [0, 0.1) is 0 Å². The average molecular weight is 354 g/mol. The number of rotatable bonds is 2. The molecule has 4 nitrogen and oxygen atoms in total. The zero-order valence-electron chi connectivity index (χ0n) is 10.9. The lowest BCUT2D eigenvalue weighted by molar-refractivity contribution is -0.111.